The van der Waals surface area contributed by atoms with E-state index in [1.54, 1.807) is 5.38 Å². The molecule has 1 aromatic rings. The van der Waals surface area contributed by atoms with E-state index < -0.39 is 0 Å². The summed E-state index contributed by atoms with van der Waals surface area (Å²) in [6.45, 7) is 1.09. The maximum absolute atomic E-state index is 11.8. The Bertz CT molecular complexity index is 440. The van der Waals surface area contributed by atoms with Crippen LogP contribution < -0.4 is 5.32 Å². The van der Waals surface area contributed by atoms with E-state index in [0.717, 1.165) is 6.42 Å². The number of nitrogens with one attached hydrogen (secondary N) is 1. The summed E-state index contributed by atoms with van der Waals surface area (Å²) in [7, 11) is 1.33. The summed E-state index contributed by atoms with van der Waals surface area (Å²) in [6.07, 6.45) is 0.863. The molecule has 6 nitrogen and oxygen atoms in total. The molecule has 0 spiro atoms. The molecule has 1 aliphatic rings. The van der Waals surface area contributed by atoms with Crippen LogP contribution in [0, 0.1) is 5.92 Å². The topological polar surface area (TPSA) is 77.5 Å². The Kier molecular flexibility index (Phi) is 4.27. The van der Waals surface area contributed by atoms with Gasteiger partial charge in [0.25, 0.3) is 0 Å². The highest BCUT2D eigenvalue weighted by Gasteiger charge is 2.24. The van der Waals surface area contributed by atoms with Gasteiger partial charge < -0.3 is 14.8 Å². The van der Waals surface area contributed by atoms with Crippen LogP contribution in [0.3, 0.4) is 0 Å². The van der Waals surface area contributed by atoms with Crippen LogP contribution in [-0.2, 0) is 25.5 Å². The van der Waals surface area contributed by atoms with Gasteiger partial charge in [-0.1, -0.05) is 0 Å². The van der Waals surface area contributed by atoms with Gasteiger partial charge in [0.15, 0.2) is 5.13 Å². The molecule has 0 saturated carbocycles. The van der Waals surface area contributed by atoms with Crippen molar-refractivity contribution >= 4 is 28.3 Å². The van der Waals surface area contributed by atoms with Crippen molar-refractivity contribution in [3.63, 3.8) is 0 Å². The van der Waals surface area contributed by atoms with Gasteiger partial charge in [-0.25, -0.2) is 4.98 Å². The summed E-state index contributed by atoms with van der Waals surface area (Å²) in [5.74, 6) is -0.521. The lowest BCUT2D eigenvalue weighted by Gasteiger charge is -2.05. The van der Waals surface area contributed by atoms with Gasteiger partial charge in [0, 0.05) is 12.0 Å². The van der Waals surface area contributed by atoms with E-state index >= 15 is 0 Å². The van der Waals surface area contributed by atoms with Crippen molar-refractivity contribution in [2.75, 3.05) is 25.6 Å². The molecule has 2 heterocycles. The first-order chi connectivity index (χ1) is 8.69. The summed E-state index contributed by atoms with van der Waals surface area (Å²) < 4.78 is 9.70. The second kappa shape index (κ2) is 5.92. The van der Waals surface area contributed by atoms with Gasteiger partial charge in [-0.15, -0.1) is 11.3 Å². The first-order valence-electron chi connectivity index (χ1n) is 5.59. The quantitative estimate of drug-likeness (QED) is 0.820. The van der Waals surface area contributed by atoms with Crippen molar-refractivity contribution in [3.05, 3.63) is 11.1 Å². The van der Waals surface area contributed by atoms with Gasteiger partial charge in [-0.2, -0.15) is 0 Å². The Morgan fingerprint density at radius 1 is 1.67 bits per heavy atom. The number of aromatic nitrogens is 1. The number of rotatable bonds is 4. The zero-order valence-electron chi connectivity index (χ0n) is 9.97. The van der Waals surface area contributed by atoms with Crippen LogP contribution in [0.25, 0.3) is 0 Å². The second-order valence-electron chi connectivity index (χ2n) is 3.95. The maximum Gasteiger partial charge on any atom is 0.311 e. The number of carbonyl (C=O) groups is 2. The normalized spacial score (nSPS) is 18.6. The first-order valence-corrected chi connectivity index (χ1v) is 6.47. The number of esters is 1. The fraction of sp³-hybridized carbons (Fsp3) is 0.545. The van der Waals surface area contributed by atoms with Gasteiger partial charge in [-0.3, -0.25) is 9.59 Å². The minimum Gasteiger partial charge on any atom is -0.469 e. The third-order valence-electron chi connectivity index (χ3n) is 2.64. The minimum absolute atomic E-state index is 0.0773. The lowest BCUT2D eigenvalue weighted by molar-refractivity contribution is -0.139. The molecule has 98 valence electrons. The molecular weight excluding hydrogens is 256 g/mol. The monoisotopic (exact) mass is 270 g/mol. The molecule has 0 bridgehead atoms. The summed E-state index contributed by atoms with van der Waals surface area (Å²) in [5, 5.41) is 4.97. The molecule has 1 unspecified atom stereocenters. The standard InChI is InChI=1S/C11H14N2O4S/c1-16-9(14)4-8-6-18-11(12-8)13-10(15)7-2-3-17-5-7/h6-7H,2-5H2,1H3,(H,12,13,15). The van der Waals surface area contributed by atoms with Crippen LogP contribution in [0.5, 0.6) is 0 Å². The summed E-state index contributed by atoms with van der Waals surface area (Å²) in [4.78, 5) is 27.0. The van der Waals surface area contributed by atoms with Gasteiger partial charge in [0.2, 0.25) is 5.91 Å². The number of ether oxygens (including phenoxy) is 2. The molecule has 18 heavy (non-hydrogen) atoms. The van der Waals surface area contributed by atoms with E-state index in [1.165, 1.54) is 18.4 Å². The van der Waals surface area contributed by atoms with Gasteiger partial charge in [0.05, 0.1) is 31.7 Å². The average Bonchev–Trinajstić information content (AvgIpc) is 3.00. The summed E-state index contributed by atoms with van der Waals surface area (Å²) >= 11 is 1.30. The molecule has 1 aromatic heterocycles. The smallest absolute Gasteiger partial charge is 0.311 e. The van der Waals surface area contributed by atoms with Gasteiger partial charge in [0.1, 0.15) is 0 Å². The molecule has 1 fully saturated rings. The first kappa shape index (κ1) is 13.0. The Labute approximate surface area is 108 Å². The molecule has 1 amide bonds. The highest BCUT2D eigenvalue weighted by Crippen LogP contribution is 2.19. The lowest BCUT2D eigenvalue weighted by Crippen LogP contribution is -2.22. The van der Waals surface area contributed by atoms with Crippen molar-refractivity contribution in [1.29, 1.82) is 0 Å². The van der Waals surface area contributed by atoms with Crippen molar-refractivity contribution in [2.24, 2.45) is 5.92 Å². The SMILES string of the molecule is COC(=O)Cc1csc(NC(=O)C2CCOC2)n1. The van der Waals surface area contributed by atoms with Crippen molar-refractivity contribution < 1.29 is 19.1 Å². The lowest BCUT2D eigenvalue weighted by atomic mass is 10.1. The second-order valence-corrected chi connectivity index (χ2v) is 4.80. The van der Waals surface area contributed by atoms with Crippen LogP contribution >= 0.6 is 11.3 Å². The molecule has 1 atom stereocenters. The number of hydrogen-bond acceptors (Lipinski definition) is 6. The summed E-state index contributed by atoms with van der Waals surface area (Å²) in [5.41, 5.74) is 0.602. The van der Waals surface area contributed by atoms with Crippen LogP contribution in [0.2, 0.25) is 0 Å². The van der Waals surface area contributed by atoms with E-state index in [1.807, 2.05) is 0 Å². The Balaban J connectivity index is 1.89. The molecule has 0 radical (unpaired) electrons. The third-order valence-corrected chi connectivity index (χ3v) is 3.44. The van der Waals surface area contributed by atoms with Crippen LogP contribution in [0.15, 0.2) is 5.38 Å². The van der Waals surface area contributed by atoms with Crippen LogP contribution in [0.4, 0.5) is 5.13 Å². The molecular formula is C11H14N2O4S. The number of methoxy groups -OCH3 is 1. The molecule has 0 aromatic carbocycles. The van der Waals surface area contributed by atoms with E-state index in [4.69, 9.17) is 4.74 Å². The zero-order valence-corrected chi connectivity index (χ0v) is 10.8. The predicted octanol–water partition coefficient (Wildman–Crippen LogP) is 0.834. The van der Waals surface area contributed by atoms with Gasteiger partial charge >= 0.3 is 5.97 Å². The van der Waals surface area contributed by atoms with Crippen molar-refractivity contribution in [2.45, 2.75) is 12.8 Å². The van der Waals surface area contributed by atoms with Crippen molar-refractivity contribution in [1.82, 2.24) is 4.98 Å². The molecule has 0 aliphatic carbocycles. The fourth-order valence-corrected chi connectivity index (χ4v) is 2.33. The molecule has 2 rings (SSSR count). The fourth-order valence-electron chi connectivity index (χ4n) is 1.61. The largest absolute Gasteiger partial charge is 0.469 e. The van der Waals surface area contributed by atoms with Crippen molar-refractivity contribution in [3.8, 4) is 0 Å². The molecule has 1 aliphatic heterocycles. The van der Waals surface area contributed by atoms with E-state index in [2.05, 4.69) is 15.0 Å². The van der Waals surface area contributed by atoms with Crippen LogP contribution in [0.1, 0.15) is 12.1 Å². The molecule has 1 saturated heterocycles. The Hall–Kier alpha value is -1.47. The van der Waals surface area contributed by atoms with Crippen LogP contribution in [-0.4, -0.2) is 37.2 Å². The predicted molar refractivity (Wildman–Crippen MR) is 65.4 cm³/mol. The average molecular weight is 270 g/mol. The Morgan fingerprint density at radius 3 is 3.17 bits per heavy atom. The van der Waals surface area contributed by atoms with Gasteiger partial charge in [-0.05, 0) is 6.42 Å². The maximum atomic E-state index is 11.8. The number of hydrogen-bond donors (Lipinski definition) is 1. The number of amides is 1. The molecule has 7 heteroatoms. The number of carbonyl (C=O) groups excluding carboxylic acids is 2. The zero-order chi connectivity index (χ0) is 13.0. The molecule has 1 N–H and O–H groups in total. The minimum atomic E-state index is -0.345. The highest BCUT2D eigenvalue weighted by molar-refractivity contribution is 7.13. The Morgan fingerprint density at radius 2 is 2.50 bits per heavy atom. The summed E-state index contributed by atoms with van der Waals surface area (Å²) in [6, 6.07) is 0. The third kappa shape index (κ3) is 3.27. The number of nitrogens with zero attached hydrogens (tertiary/aromatic N) is 1. The number of anilines is 1. The number of thiazole rings is 1. The highest BCUT2D eigenvalue weighted by atomic mass is 32.1. The van der Waals surface area contributed by atoms with E-state index in [0.29, 0.717) is 24.0 Å². The van der Waals surface area contributed by atoms with E-state index in [9.17, 15) is 9.59 Å². The van der Waals surface area contributed by atoms with E-state index in [-0.39, 0.29) is 24.2 Å².